The van der Waals surface area contributed by atoms with Crippen molar-refractivity contribution in [2.75, 3.05) is 5.32 Å². The third-order valence-electron chi connectivity index (χ3n) is 3.76. The van der Waals surface area contributed by atoms with Gasteiger partial charge in [0.25, 0.3) is 0 Å². The molecule has 3 rings (SSSR count). The molecule has 0 aliphatic heterocycles. The van der Waals surface area contributed by atoms with Crippen molar-refractivity contribution >= 4 is 11.6 Å². The second-order valence-electron chi connectivity index (χ2n) is 5.84. The number of aromatic nitrogens is 2. The van der Waals surface area contributed by atoms with E-state index in [-0.39, 0.29) is 12.5 Å². The van der Waals surface area contributed by atoms with Crippen molar-refractivity contribution in [1.82, 2.24) is 9.55 Å². The molecule has 0 unspecified atom stereocenters. The molecule has 0 aliphatic carbocycles. The molecule has 1 N–H and O–H groups in total. The van der Waals surface area contributed by atoms with Gasteiger partial charge in [0, 0.05) is 37.1 Å². The summed E-state index contributed by atoms with van der Waals surface area (Å²) in [6.07, 6.45) is -1.07. The standard InChI is InChI=1S/C19H16F3N3O/c1-13(26)24-17-7-3-5-15(11-17)18-23-8-9-25(18)12-14-4-2-6-16(10-14)19(20,21)22/h2-11H,12H2,1H3,(H,24,26). The number of hydrogen-bond acceptors (Lipinski definition) is 2. The fourth-order valence-corrected chi connectivity index (χ4v) is 2.68. The molecule has 0 bridgehead atoms. The van der Waals surface area contributed by atoms with Gasteiger partial charge in [-0.2, -0.15) is 13.2 Å². The lowest BCUT2D eigenvalue weighted by Crippen LogP contribution is -2.07. The number of amides is 1. The minimum atomic E-state index is -4.37. The molecule has 0 spiro atoms. The van der Waals surface area contributed by atoms with Crippen LogP contribution in [-0.2, 0) is 17.5 Å². The Labute approximate surface area is 148 Å². The fourth-order valence-electron chi connectivity index (χ4n) is 2.68. The summed E-state index contributed by atoms with van der Waals surface area (Å²) in [5, 5.41) is 2.70. The van der Waals surface area contributed by atoms with Crippen LogP contribution in [0.25, 0.3) is 11.4 Å². The van der Waals surface area contributed by atoms with Gasteiger partial charge in [0.05, 0.1) is 5.56 Å². The SMILES string of the molecule is CC(=O)Nc1cccc(-c2nccn2Cc2cccc(C(F)(F)F)c2)c1. The minimum Gasteiger partial charge on any atom is -0.327 e. The highest BCUT2D eigenvalue weighted by Crippen LogP contribution is 2.30. The van der Waals surface area contributed by atoms with Crippen molar-refractivity contribution in [3.8, 4) is 11.4 Å². The van der Waals surface area contributed by atoms with Crippen LogP contribution < -0.4 is 5.32 Å². The van der Waals surface area contributed by atoms with E-state index in [2.05, 4.69) is 10.3 Å². The molecule has 4 nitrogen and oxygen atoms in total. The van der Waals surface area contributed by atoms with Gasteiger partial charge in [0.15, 0.2) is 0 Å². The predicted octanol–water partition coefficient (Wildman–Crippen LogP) is 4.58. The summed E-state index contributed by atoms with van der Waals surface area (Å²) in [6.45, 7) is 1.67. The molecule has 134 valence electrons. The molecular formula is C19H16F3N3O. The number of rotatable bonds is 4. The van der Waals surface area contributed by atoms with Crippen LogP contribution in [0.5, 0.6) is 0 Å². The molecule has 0 saturated carbocycles. The molecule has 0 radical (unpaired) electrons. The summed E-state index contributed by atoms with van der Waals surface area (Å²) < 4.78 is 40.4. The average molecular weight is 359 g/mol. The van der Waals surface area contributed by atoms with E-state index in [0.29, 0.717) is 17.1 Å². The first-order chi connectivity index (χ1) is 12.3. The number of hydrogen-bond donors (Lipinski definition) is 1. The van der Waals surface area contributed by atoms with Crippen LogP contribution in [-0.4, -0.2) is 15.5 Å². The van der Waals surface area contributed by atoms with E-state index in [9.17, 15) is 18.0 Å². The second-order valence-corrected chi connectivity index (χ2v) is 5.84. The molecule has 2 aromatic carbocycles. The maximum absolute atomic E-state index is 12.9. The van der Waals surface area contributed by atoms with Gasteiger partial charge in [-0.25, -0.2) is 4.98 Å². The summed E-state index contributed by atoms with van der Waals surface area (Å²) in [4.78, 5) is 15.5. The van der Waals surface area contributed by atoms with Crippen LogP contribution in [0.4, 0.5) is 18.9 Å². The Morgan fingerprint density at radius 1 is 1.15 bits per heavy atom. The minimum absolute atomic E-state index is 0.186. The highest BCUT2D eigenvalue weighted by molar-refractivity contribution is 5.89. The first kappa shape index (κ1) is 17.7. The zero-order valence-electron chi connectivity index (χ0n) is 13.9. The smallest absolute Gasteiger partial charge is 0.327 e. The zero-order valence-corrected chi connectivity index (χ0v) is 13.9. The number of imidazole rings is 1. The highest BCUT2D eigenvalue weighted by Gasteiger charge is 2.30. The van der Waals surface area contributed by atoms with Crippen LogP contribution in [0.3, 0.4) is 0 Å². The topological polar surface area (TPSA) is 46.9 Å². The Hall–Kier alpha value is -3.09. The molecule has 1 heterocycles. The number of carbonyl (C=O) groups excluding carboxylic acids is 1. The van der Waals surface area contributed by atoms with E-state index >= 15 is 0 Å². The maximum atomic E-state index is 12.9. The van der Waals surface area contributed by atoms with Gasteiger partial charge in [-0.3, -0.25) is 4.79 Å². The van der Waals surface area contributed by atoms with Crippen LogP contribution in [0.2, 0.25) is 0 Å². The van der Waals surface area contributed by atoms with Gasteiger partial charge < -0.3 is 9.88 Å². The molecule has 26 heavy (non-hydrogen) atoms. The molecule has 0 fully saturated rings. The van der Waals surface area contributed by atoms with Gasteiger partial charge in [-0.15, -0.1) is 0 Å². The van der Waals surface area contributed by atoms with Gasteiger partial charge >= 0.3 is 6.18 Å². The van der Waals surface area contributed by atoms with E-state index < -0.39 is 11.7 Å². The third kappa shape index (κ3) is 4.11. The average Bonchev–Trinajstić information content (AvgIpc) is 3.02. The van der Waals surface area contributed by atoms with E-state index in [0.717, 1.165) is 17.7 Å². The lowest BCUT2D eigenvalue weighted by atomic mass is 10.1. The highest BCUT2D eigenvalue weighted by atomic mass is 19.4. The van der Waals surface area contributed by atoms with Crippen molar-refractivity contribution in [1.29, 1.82) is 0 Å². The summed E-state index contributed by atoms with van der Waals surface area (Å²) in [7, 11) is 0. The summed E-state index contributed by atoms with van der Waals surface area (Å²) >= 11 is 0. The van der Waals surface area contributed by atoms with Crippen molar-refractivity contribution in [3.05, 3.63) is 72.1 Å². The van der Waals surface area contributed by atoms with Crippen molar-refractivity contribution in [2.24, 2.45) is 0 Å². The number of benzene rings is 2. The van der Waals surface area contributed by atoms with Crippen molar-refractivity contribution in [2.45, 2.75) is 19.6 Å². The number of alkyl halides is 3. The van der Waals surface area contributed by atoms with Gasteiger partial charge in [-0.1, -0.05) is 24.3 Å². The summed E-state index contributed by atoms with van der Waals surface area (Å²) in [5.74, 6) is 0.420. The molecule has 1 amide bonds. The second kappa shape index (κ2) is 7.03. The molecule has 0 aliphatic rings. The molecule has 3 aromatic rings. The molecular weight excluding hydrogens is 343 g/mol. The maximum Gasteiger partial charge on any atom is 0.416 e. The van der Waals surface area contributed by atoms with E-state index in [4.69, 9.17) is 0 Å². The number of halogens is 3. The molecule has 7 heteroatoms. The van der Waals surface area contributed by atoms with Crippen LogP contribution in [0, 0.1) is 0 Å². The van der Waals surface area contributed by atoms with Crippen LogP contribution in [0.1, 0.15) is 18.1 Å². The largest absolute Gasteiger partial charge is 0.416 e. The van der Waals surface area contributed by atoms with Crippen LogP contribution >= 0.6 is 0 Å². The Morgan fingerprint density at radius 3 is 2.65 bits per heavy atom. The summed E-state index contributed by atoms with van der Waals surface area (Å²) in [6, 6.07) is 12.4. The van der Waals surface area contributed by atoms with Gasteiger partial charge in [0.1, 0.15) is 5.82 Å². The van der Waals surface area contributed by atoms with Gasteiger partial charge in [0.2, 0.25) is 5.91 Å². The first-order valence-corrected chi connectivity index (χ1v) is 7.88. The van der Waals surface area contributed by atoms with E-state index in [1.807, 2.05) is 6.07 Å². The number of nitrogens with one attached hydrogen (secondary N) is 1. The quantitative estimate of drug-likeness (QED) is 0.741. The number of nitrogens with zero attached hydrogens (tertiary/aromatic N) is 2. The Morgan fingerprint density at radius 2 is 1.92 bits per heavy atom. The van der Waals surface area contributed by atoms with E-state index in [1.165, 1.54) is 13.0 Å². The molecule has 0 atom stereocenters. The fraction of sp³-hybridized carbons (Fsp3) is 0.158. The molecule has 1 aromatic heterocycles. The zero-order chi connectivity index (χ0) is 18.7. The Bertz CT molecular complexity index is 932. The molecule has 0 saturated heterocycles. The van der Waals surface area contributed by atoms with E-state index in [1.54, 1.807) is 41.2 Å². The number of anilines is 1. The first-order valence-electron chi connectivity index (χ1n) is 7.88. The lowest BCUT2D eigenvalue weighted by Gasteiger charge is -2.12. The Balaban J connectivity index is 1.89. The van der Waals surface area contributed by atoms with Crippen LogP contribution in [0.15, 0.2) is 60.9 Å². The van der Waals surface area contributed by atoms with Gasteiger partial charge in [-0.05, 0) is 29.8 Å². The normalized spacial score (nSPS) is 11.4. The monoisotopic (exact) mass is 359 g/mol. The number of carbonyl (C=O) groups is 1. The predicted molar refractivity (Wildman–Crippen MR) is 92.5 cm³/mol. The Kier molecular flexibility index (Phi) is 4.79. The van der Waals surface area contributed by atoms with Crippen molar-refractivity contribution in [3.63, 3.8) is 0 Å². The summed E-state index contributed by atoms with van der Waals surface area (Å²) in [5.41, 5.74) is 1.23. The third-order valence-corrected chi connectivity index (χ3v) is 3.76. The lowest BCUT2D eigenvalue weighted by molar-refractivity contribution is -0.137. The van der Waals surface area contributed by atoms with Crippen molar-refractivity contribution < 1.29 is 18.0 Å².